The summed E-state index contributed by atoms with van der Waals surface area (Å²) in [5.74, 6) is -0.769. The Bertz CT molecular complexity index is 723. The van der Waals surface area contributed by atoms with Crippen molar-refractivity contribution < 1.29 is 18.7 Å². The van der Waals surface area contributed by atoms with Gasteiger partial charge in [-0.25, -0.2) is 4.39 Å². The highest BCUT2D eigenvalue weighted by Crippen LogP contribution is 2.14. The molecular formula is C18H17FN2O3. The highest BCUT2D eigenvalue weighted by Gasteiger charge is 2.18. The molecule has 2 aromatic carbocycles. The minimum Gasteiger partial charge on any atom is -0.378 e. The summed E-state index contributed by atoms with van der Waals surface area (Å²) in [7, 11) is 0. The second-order valence-corrected chi connectivity index (χ2v) is 5.44. The molecule has 0 radical (unpaired) electrons. The number of anilines is 1. The maximum atomic E-state index is 12.9. The highest BCUT2D eigenvalue weighted by molar-refractivity contribution is 6.04. The summed E-state index contributed by atoms with van der Waals surface area (Å²) in [6, 6.07) is 12.0. The van der Waals surface area contributed by atoms with Crippen LogP contribution in [0.2, 0.25) is 0 Å². The van der Waals surface area contributed by atoms with E-state index in [9.17, 15) is 14.0 Å². The van der Waals surface area contributed by atoms with Gasteiger partial charge in [0.25, 0.3) is 11.8 Å². The number of morpholine rings is 1. The van der Waals surface area contributed by atoms with Crippen molar-refractivity contribution in [2.75, 3.05) is 31.6 Å². The molecule has 1 aliphatic rings. The third kappa shape index (κ3) is 3.78. The molecule has 124 valence electrons. The number of benzene rings is 2. The fourth-order valence-corrected chi connectivity index (χ4v) is 2.45. The van der Waals surface area contributed by atoms with E-state index in [0.29, 0.717) is 43.1 Å². The van der Waals surface area contributed by atoms with Crippen LogP contribution in [0.1, 0.15) is 20.7 Å². The molecule has 1 heterocycles. The average Bonchev–Trinajstić information content (AvgIpc) is 2.63. The van der Waals surface area contributed by atoms with Gasteiger partial charge in [0.15, 0.2) is 0 Å². The first kappa shape index (κ1) is 16.1. The Kier molecular flexibility index (Phi) is 4.86. The lowest BCUT2D eigenvalue weighted by Crippen LogP contribution is -2.40. The quantitative estimate of drug-likeness (QED) is 0.942. The Labute approximate surface area is 139 Å². The van der Waals surface area contributed by atoms with Gasteiger partial charge in [-0.05, 0) is 48.5 Å². The fraction of sp³-hybridized carbons (Fsp3) is 0.222. The summed E-state index contributed by atoms with van der Waals surface area (Å²) in [5, 5.41) is 2.72. The number of rotatable bonds is 3. The van der Waals surface area contributed by atoms with E-state index in [1.165, 1.54) is 24.3 Å². The maximum absolute atomic E-state index is 12.9. The number of hydrogen-bond acceptors (Lipinski definition) is 3. The van der Waals surface area contributed by atoms with Gasteiger partial charge in [-0.2, -0.15) is 0 Å². The second-order valence-electron chi connectivity index (χ2n) is 5.44. The molecule has 0 unspecified atom stereocenters. The molecular weight excluding hydrogens is 311 g/mol. The number of amides is 2. The van der Waals surface area contributed by atoms with E-state index in [2.05, 4.69) is 5.32 Å². The third-order valence-electron chi connectivity index (χ3n) is 3.79. The lowest BCUT2D eigenvalue weighted by molar-refractivity contribution is 0.0303. The molecule has 1 fully saturated rings. The van der Waals surface area contributed by atoms with Gasteiger partial charge in [0.05, 0.1) is 13.2 Å². The molecule has 5 nitrogen and oxygen atoms in total. The predicted octanol–water partition coefficient (Wildman–Crippen LogP) is 2.55. The van der Waals surface area contributed by atoms with Crippen LogP contribution in [0.15, 0.2) is 48.5 Å². The van der Waals surface area contributed by atoms with Crippen LogP contribution in [0, 0.1) is 5.82 Å². The van der Waals surface area contributed by atoms with Crippen LogP contribution in [0.25, 0.3) is 0 Å². The molecule has 24 heavy (non-hydrogen) atoms. The zero-order valence-corrected chi connectivity index (χ0v) is 13.0. The lowest BCUT2D eigenvalue weighted by atomic mass is 10.1. The minimum atomic E-state index is -0.391. The Morgan fingerprint density at radius 1 is 0.917 bits per heavy atom. The second kappa shape index (κ2) is 7.23. The molecule has 0 aromatic heterocycles. The first-order valence-electron chi connectivity index (χ1n) is 7.67. The molecule has 2 amide bonds. The Morgan fingerprint density at radius 3 is 2.12 bits per heavy atom. The van der Waals surface area contributed by atoms with Gasteiger partial charge in [0.2, 0.25) is 0 Å². The molecule has 6 heteroatoms. The van der Waals surface area contributed by atoms with E-state index in [-0.39, 0.29) is 11.8 Å². The van der Waals surface area contributed by atoms with Gasteiger partial charge in [0.1, 0.15) is 5.82 Å². The van der Waals surface area contributed by atoms with Crippen molar-refractivity contribution in [2.45, 2.75) is 0 Å². The summed E-state index contributed by atoms with van der Waals surface area (Å²) in [6.07, 6.45) is 0. The lowest BCUT2D eigenvalue weighted by Gasteiger charge is -2.26. The number of nitrogens with one attached hydrogen (secondary N) is 1. The number of nitrogens with zero attached hydrogens (tertiary/aromatic N) is 1. The third-order valence-corrected chi connectivity index (χ3v) is 3.79. The van der Waals surface area contributed by atoms with E-state index in [4.69, 9.17) is 4.74 Å². The van der Waals surface area contributed by atoms with E-state index >= 15 is 0 Å². The van der Waals surface area contributed by atoms with Crippen molar-refractivity contribution in [2.24, 2.45) is 0 Å². The van der Waals surface area contributed by atoms with Crippen LogP contribution in [0.4, 0.5) is 10.1 Å². The summed E-state index contributed by atoms with van der Waals surface area (Å²) >= 11 is 0. The van der Waals surface area contributed by atoms with E-state index in [0.717, 1.165) is 0 Å². The summed E-state index contributed by atoms with van der Waals surface area (Å²) < 4.78 is 18.1. The van der Waals surface area contributed by atoms with Gasteiger partial charge in [-0.1, -0.05) is 0 Å². The minimum absolute atomic E-state index is 0.0466. The summed E-state index contributed by atoms with van der Waals surface area (Å²) in [5.41, 5.74) is 1.50. The zero-order chi connectivity index (χ0) is 16.9. The number of carbonyl (C=O) groups is 2. The number of hydrogen-bond donors (Lipinski definition) is 1. The van der Waals surface area contributed by atoms with Gasteiger partial charge in [-0.3, -0.25) is 9.59 Å². The highest BCUT2D eigenvalue weighted by atomic mass is 19.1. The van der Waals surface area contributed by atoms with Crippen molar-refractivity contribution in [3.8, 4) is 0 Å². The average molecular weight is 328 g/mol. The van der Waals surface area contributed by atoms with Crippen molar-refractivity contribution in [3.05, 3.63) is 65.5 Å². The number of carbonyl (C=O) groups excluding carboxylic acids is 2. The van der Waals surface area contributed by atoms with Crippen LogP contribution in [0.3, 0.4) is 0 Å². The molecule has 1 N–H and O–H groups in total. The monoisotopic (exact) mass is 328 g/mol. The Morgan fingerprint density at radius 2 is 1.50 bits per heavy atom. The van der Waals surface area contributed by atoms with Crippen LogP contribution >= 0.6 is 0 Å². The van der Waals surface area contributed by atoms with Crippen molar-refractivity contribution in [1.29, 1.82) is 0 Å². The molecule has 0 atom stereocenters. The van der Waals surface area contributed by atoms with Gasteiger partial charge >= 0.3 is 0 Å². The van der Waals surface area contributed by atoms with E-state index < -0.39 is 5.82 Å². The van der Waals surface area contributed by atoms with Crippen LogP contribution in [-0.2, 0) is 4.74 Å². The normalized spacial score (nSPS) is 14.3. The molecule has 1 saturated heterocycles. The summed E-state index contributed by atoms with van der Waals surface area (Å²) in [4.78, 5) is 26.1. The van der Waals surface area contributed by atoms with E-state index in [1.54, 1.807) is 29.2 Å². The Balaban J connectivity index is 1.64. The molecule has 2 aromatic rings. The van der Waals surface area contributed by atoms with Crippen LogP contribution < -0.4 is 5.32 Å². The van der Waals surface area contributed by atoms with Gasteiger partial charge in [-0.15, -0.1) is 0 Å². The molecule has 0 bridgehead atoms. The Hall–Kier alpha value is -2.73. The van der Waals surface area contributed by atoms with Crippen molar-refractivity contribution >= 4 is 17.5 Å². The molecule has 0 spiro atoms. The standard InChI is InChI=1S/C18H17FN2O3/c19-15-5-1-13(2-6-15)17(22)20-16-7-3-14(4-8-16)18(23)21-9-11-24-12-10-21/h1-8H,9-12H2,(H,20,22). The molecule has 3 rings (SSSR count). The van der Waals surface area contributed by atoms with Gasteiger partial charge < -0.3 is 15.0 Å². The predicted molar refractivity (Wildman–Crippen MR) is 87.5 cm³/mol. The zero-order valence-electron chi connectivity index (χ0n) is 13.0. The first-order chi connectivity index (χ1) is 11.6. The largest absolute Gasteiger partial charge is 0.378 e. The van der Waals surface area contributed by atoms with Crippen molar-refractivity contribution in [1.82, 2.24) is 4.90 Å². The summed E-state index contributed by atoms with van der Waals surface area (Å²) in [6.45, 7) is 2.28. The van der Waals surface area contributed by atoms with Crippen molar-refractivity contribution in [3.63, 3.8) is 0 Å². The molecule has 1 aliphatic heterocycles. The van der Waals surface area contributed by atoms with Crippen LogP contribution in [-0.4, -0.2) is 43.0 Å². The number of halogens is 1. The molecule has 0 saturated carbocycles. The SMILES string of the molecule is O=C(Nc1ccc(C(=O)N2CCOCC2)cc1)c1ccc(F)cc1. The van der Waals surface area contributed by atoms with Gasteiger partial charge in [0, 0.05) is 29.9 Å². The smallest absolute Gasteiger partial charge is 0.255 e. The van der Waals surface area contributed by atoms with E-state index in [1.807, 2.05) is 0 Å². The fourth-order valence-electron chi connectivity index (χ4n) is 2.45. The molecule has 0 aliphatic carbocycles. The topological polar surface area (TPSA) is 58.6 Å². The first-order valence-corrected chi connectivity index (χ1v) is 7.67. The number of ether oxygens (including phenoxy) is 1. The maximum Gasteiger partial charge on any atom is 0.255 e. The van der Waals surface area contributed by atoms with Crippen LogP contribution in [0.5, 0.6) is 0 Å².